The lowest BCUT2D eigenvalue weighted by Crippen LogP contribution is -2.40. The van der Waals surface area contributed by atoms with E-state index in [0.717, 1.165) is 4.31 Å². The van der Waals surface area contributed by atoms with Crippen LogP contribution in [-0.2, 0) is 19.6 Å². The number of nitrogens with one attached hydrogen (secondary N) is 1. The molecule has 1 heterocycles. The summed E-state index contributed by atoms with van der Waals surface area (Å²) in [6, 6.07) is 11.5. The van der Waals surface area contributed by atoms with Crippen LogP contribution < -0.4 is 14.8 Å². The fourth-order valence-corrected chi connectivity index (χ4v) is 4.78. The Labute approximate surface area is 187 Å². The van der Waals surface area contributed by atoms with E-state index in [1.165, 1.54) is 33.6 Å². The second-order valence-electron chi connectivity index (χ2n) is 6.80. The summed E-state index contributed by atoms with van der Waals surface area (Å²) in [5.41, 5.74) is 0.402. The van der Waals surface area contributed by atoms with Gasteiger partial charge in [-0.15, -0.1) is 0 Å². The molecule has 3 aromatic rings. The van der Waals surface area contributed by atoms with Gasteiger partial charge >= 0.3 is 0 Å². The molecule has 1 aromatic heterocycles. The molecule has 0 unspecified atom stereocenters. The lowest BCUT2D eigenvalue weighted by atomic mass is 10.2. The first-order valence-electron chi connectivity index (χ1n) is 9.74. The number of carbonyl (C=O) groups excluding carboxylic acids is 1. The van der Waals surface area contributed by atoms with Gasteiger partial charge in [0.05, 0.1) is 38.0 Å². The van der Waals surface area contributed by atoms with Gasteiger partial charge in [0.2, 0.25) is 15.9 Å². The minimum atomic E-state index is -4.00. The zero-order valence-electron chi connectivity index (χ0n) is 18.1. The van der Waals surface area contributed by atoms with Crippen LogP contribution in [0.5, 0.6) is 11.5 Å². The molecular weight excluding hydrogens is 434 g/mol. The fraction of sp³-hybridized carbons (Fsp3) is 0.273. The van der Waals surface area contributed by atoms with E-state index in [-0.39, 0.29) is 18.0 Å². The number of nitrogens with zero attached hydrogens (tertiary/aromatic N) is 2. The summed E-state index contributed by atoms with van der Waals surface area (Å²) in [6.45, 7) is -0.263. The molecule has 10 heteroatoms. The number of carbonyl (C=O) groups is 1. The molecule has 170 valence electrons. The predicted molar refractivity (Wildman–Crippen MR) is 121 cm³/mol. The molecular formula is C22H25N3O6S. The summed E-state index contributed by atoms with van der Waals surface area (Å²) in [6.07, 6.45) is 3.13. The second kappa shape index (κ2) is 10.4. The number of hydrogen-bond donors (Lipinski definition) is 1. The van der Waals surface area contributed by atoms with Crippen molar-refractivity contribution in [2.24, 2.45) is 0 Å². The van der Waals surface area contributed by atoms with E-state index in [2.05, 4.69) is 10.3 Å². The minimum absolute atomic E-state index is 0.00741. The zero-order chi connectivity index (χ0) is 23.1. The molecule has 0 saturated heterocycles. The van der Waals surface area contributed by atoms with Crippen LogP contribution in [0.2, 0.25) is 0 Å². The number of sulfonamides is 1. The molecule has 2 aromatic carbocycles. The van der Waals surface area contributed by atoms with Crippen molar-refractivity contribution in [3.63, 3.8) is 0 Å². The number of amides is 1. The Bertz CT molecular complexity index is 1190. The molecule has 0 radical (unpaired) electrons. The number of benzene rings is 2. The minimum Gasteiger partial charge on any atom is -0.497 e. The molecule has 0 saturated carbocycles. The second-order valence-corrected chi connectivity index (χ2v) is 8.71. The Morgan fingerprint density at radius 2 is 1.91 bits per heavy atom. The molecule has 0 aliphatic rings. The number of fused-ring (bicyclic) bond motifs is 1. The number of anilines is 1. The number of methoxy groups -OCH3 is 3. The van der Waals surface area contributed by atoms with E-state index in [9.17, 15) is 13.2 Å². The maximum absolute atomic E-state index is 13.5. The highest BCUT2D eigenvalue weighted by molar-refractivity contribution is 7.89. The number of aromatic nitrogens is 1. The topological polar surface area (TPSA) is 107 Å². The molecule has 0 aliphatic heterocycles. The van der Waals surface area contributed by atoms with Gasteiger partial charge in [0, 0.05) is 42.9 Å². The summed E-state index contributed by atoms with van der Waals surface area (Å²) < 4.78 is 43.6. The van der Waals surface area contributed by atoms with Gasteiger partial charge in [0.25, 0.3) is 0 Å². The summed E-state index contributed by atoms with van der Waals surface area (Å²) in [7, 11) is 0.459. The third kappa shape index (κ3) is 5.16. The van der Waals surface area contributed by atoms with Crippen molar-refractivity contribution in [2.75, 3.05) is 46.3 Å². The van der Waals surface area contributed by atoms with Crippen LogP contribution in [0.25, 0.3) is 10.8 Å². The highest BCUT2D eigenvalue weighted by Crippen LogP contribution is 2.29. The number of hydrogen-bond acceptors (Lipinski definition) is 7. The standard InChI is InChI=1S/C22H25N3O6S/c1-29-12-11-25(15-22(26)24-19-8-7-17(30-2)13-20(19)31-3)32(27,28)21-6-4-5-16-14-23-10-9-18(16)21/h4-10,13-14H,11-12,15H2,1-3H3,(H,24,26). The molecule has 0 atom stereocenters. The third-order valence-corrected chi connectivity index (χ3v) is 6.71. The largest absolute Gasteiger partial charge is 0.497 e. The van der Waals surface area contributed by atoms with Crippen LogP contribution in [0, 0.1) is 0 Å². The first-order valence-corrected chi connectivity index (χ1v) is 11.2. The Hall–Kier alpha value is -3.21. The van der Waals surface area contributed by atoms with Crippen LogP contribution in [0.4, 0.5) is 5.69 Å². The third-order valence-electron chi connectivity index (χ3n) is 4.81. The Balaban J connectivity index is 1.89. The van der Waals surface area contributed by atoms with Crippen molar-refractivity contribution in [1.29, 1.82) is 0 Å². The number of pyridine rings is 1. The van der Waals surface area contributed by atoms with E-state index in [1.54, 1.807) is 42.6 Å². The van der Waals surface area contributed by atoms with Crippen LogP contribution in [-0.4, -0.2) is 64.6 Å². The quantitative estimate of drug-likeness (QED) is 0.496. The molecule has 0 bridgehead atoms. The highest BCUT2D eigenvalue weighted by atomic mass is 32.2. The summed E-state index contributed by atoms with van der Waals surface area (Å²) >= 11 is 0. The first kappa shape index (κ1) is 23.5. The fourth-order valence-electron chi connectivity index (χ4n) is 3.19. The van der Waals surface area contributed by atoms with Crippen LogP contribution in [0.15, 0.2) is 59.8 Å². The Morgan fingerprint density at radius 1 is 1.09 bits per heavy atom. The first-order chi connectivity index (χ1) is 15.4. The van der Waals surface area contributed by atoms with E-state index < -0.39 is 22.5 Å². The van der Waals surface area contributed by atoms with Gasteiger partial charge in [0.15, 0.2) is 0 Å². The van der Waals surface area contributed by atoms with E-state index >= 15 is 0 Å². The van der Waals surface area contributed by atoms with Crippen molar-refractivity contribution in [3.05, 3.63) is 54.9 Å². The van der Waals surface area contributed by atoms with Crippen molar-refractivity contribution < 1.29 is 27.4 Å². The van der Waals surface area contributed by atoms with Gasteiger partial charge < -0.3 is 19.5 Å². The summed E-state index contributed by atoms with van der Waals surface area (Å²) in [4.78, 5) is 16.9. The van der Waals surface area contributed by atoms with Gasteiger partial charge in [-0.05, 0) is 24.3 Å². The normalized spacial score (nSPS) is 11.5. The van der Waals surface area contributed by atoms with Gasteiger partial charge in [0.1, 0.15) is 11.5 Å². The molecule has 0 spiro atoms. The summed E-state index contributed by atoms with van der Waals surface area (Å²) in [5.74, 6) is 0.440. The van der Waals surface area contributed by atoms with E-state index in [4.69, 9.17) is 14.2 Å². The Morgan fingerprint density at radius 3 is 2.62 bits per heavy atom. The van der Waals surface area contributed by atoms with Gasteiger partial charge in [-0.3, -0.25) is 9.78 Å². The molecule has 1 amide bonds. The zero-order valence-corrected chi connectivity index (χ0v) is 18.9. The lowest BCUT2D eigenvalue weighted by molar-refractivity contribution is -0.116. The maximum atomic E-state index is 13.5. The number of ether oxygens (including phenoxy) is 3. The van der Waals surface area contributed by atoms with Gasteiger partial charge in [-0.2, -0.15) is 4.31 Å². The summed E-state index contributed by atoms with van der Waals surface area (Å²) in [5, 5.41) is 3.92. The average molecular weight is 460 g/mol. The molecule has 3 rings (SSSR count). The number of rotatable bonds is 10. The van der Waals surface area contributed by atoms with Crippen molar-refractivity contribution in [3.8, 4) is 11.5 Å². The smallest absolute Gasteiger partial charge is 0.244 e. The van der Waals surface area contributed by atoms with Crippen molar-refractivity contribution >= 4 is 32.4 Å². The maximum Gasteiger partial charge on any atom is 0.244 e. The van der Waals surface area contributed by atoms with E-state index in [0.29, 0.717) is 28.0 Å². The van der Waals surface area contributed by atoms with Crippen molar-refractivity contribution in [1.82, 2.24) is 9.29 Å². The molecule has 32 heavy (non-hydrogen) atoms. The molecule has 0 aliphatic carbocycles. The lowest BCUT2D eigenvalue weighted by Gasteiger charge is -2.22. The van der Waals surface area contributed by atoms with Crippen LogP contribution in [0.1, 0.15) is 0 Å². The molecule has 1 N–H and O–H groups in total. The monoisotopic (exact) mass is 459 g/mol. The predicted octanol–water partition coefficient (Wildman–Crippen LogP) is 2.53. The SMILES string of the molecule is COCCN(CC(=O)Nc1ccc(OC)cc1OC)S(=O)(=O)c1cccc2cnccc12. The Kier molecular flexibility index (Phi) is 7.62. The molecule has 0 fully saturated rings. The van der Waals surface area contributed by atoms with E-state index in [1.807, 2.05) is 0 Å². The van der Waals surface area contributed by atoms with Gasteiger partial charge in [-0.25, -0.2) is 8.42 Å². The van der Waals surface area contributed by atoms with Gasteiger partial charge in [-0.1, -0.05) is 12.1 Å². The van der Waals surface area contributed by atoms with Crippen LogP contribution >= 0.6 is 0 Å². The molecule has 9 nitrogen and oxygen atoms in total. The van der Waals surface area contributed by atoms with Crippen LogP contribution in [0.3, 0.4) is 0 Å². The highest BCUT2D eigenvalue weighted by Gasteiger charge is 2.28. The average Bonchev–Trinajstić information content (AvgIpc) is 2.81. The van der Waals surface area contributed by atoms with Crippen molar-refractivity contribution in [2.45, 2.75) is 4.90 Å².